The molecule has 4 fully saturated rings. The zero-order chi connectivity index (χ0) is 27.5. The molecule has 10 atom stereocenters. The van der Waals surface area contributed by atoms with E-state index < -0.39 is 12.1 Å². The predicted octanol–water partition coefficient (Wildman–Crippen LogP) is 5.41. The van der Waals surface area contributed by atoms with Gasteiger partial charge >= 0.3 is 11.9 Å². The van der Waals surface area contributed by atoms with Gasteiger partial charge in [0.15, 0.2) is 0 Å². The van der Waals surface area contributed by atoms with Crippen LogP contribution in [-0.2, 0) is 14.3 Å². The Morgan fingerprint density at radius 1 is 1.08 bits per heavy atom. The van der Waals surface area contributed by atoms with Crippen LogP contribution in [-0.4, -0.2) is 40.4 Å². The van der Waals surface area contributed by atoms with E-state index in [1.807, 2.05) is 19.9 Å². The summed E-state index contributed by atoms with van der Waals surface area (Å²) in [6.45, 7) is 14.6. The maximum absolute atomic E-state index is 12.6. The van der Waals surface area contributed by atoms with Gasteiger partial charge in [-0.3, -0.25) is 4.79 Å². The molecule has 4 aliphatic rings. The van der Waals surface area contributed by atoms with E-state index in [2.05, 4.69) is 27.7 Å². The summed E-state index contributed by atoms with van der Waals surface area (Å²) in [4.78, 5) is 24.8. The van der Waals surface area contributed by atoms with Crippen molar-refractivity contribution in [2.24, 2.45) is 45.7 Å². The first-order valence-corrected chi connectivity index (χ1v) is 14.1. The van der Waals surface area contributed by atoms with Crippen molar-refractivity contribution in [2.45, 2.75) is 105 Å². The number of carboxylic acids is 1. The summed E-state index contributed by atoms with van der Waals surface area (Å²) in [7, 11) is 0. The highest BCUT2D eigenvalue weighted by Gasteiger charge is 2.70. The molecule has 206 valence electrons. The molecule has 1 unspecified atom stereocenters. The Hall–Kier alpha value is -1.92. The second-order valence-electron chi connectivity index (χ2n) is 13.5. The number of carbonyl (C=O) groups is 2. The number of aliphatic carboxylic acids is 1. The SMILES string of the molecule is CC(=O)O[C@H]1C[C@@]2(C)C(C[C@@H](N)[C@H]3[C@@]4(C)CC[C@@H](O)[C@@H](C)[C@@H]4CC[C@@]32C)/C1=C(\C=C/C=C(C)C)C(=O)O. The number of hydrogen-bond acceptors (Lipinski definition) is 5. The molecule has 0 saturated heterocycles. The van der Waals surface area contributed by atoms with Crippen molar-refractivity contribution >= 4 is 11.9 Å². The highest BCUT2D eigenvalue weighted by molar-refractivity contribution is 5.91. The lowest BCUT2D eigenvalue weighted by Crippen LogP contribution is -2.67. The molecule has 0 aromatic rings. The Kier molecular flexibility index (Phi) is 7.35. The number of hydrogen-bond donors (Lipinski definition) is 3. The van der Waals surface area contributed by atoms with Gasteiger partial charge in [-0.05, 0) is 104 Å². The van der Waals surface area contributed by atoms with Gasteiger partial charge in [-0.1, -0.05) is 45.4 Å². The topological polar surface area (TPSA) is 110 Å². The number of carbonyl (C=O) groups excluding carboxylic acids is 1. The van der Waals surface area contributed by atoms with Crippen LogP contribution in [0.1, 0.15) is 87.0 Å². The normalized spacial score (nSPS) is 46.5. The molecule has 0 heterocycles. The van der Waals surface area contributed by atoms with E-state index in [0.29, 0.717) is 18.8 Å². The first-order chi connectivity index (χ1) is 17.2. The lowest BCUT2D eigenvalue weighted by atomic mass is 9.36. The van der Waals surface area contributed by atoms with Gasteiger partial charge in [0.25, 0.3) is 0 Å². The number of rotatable bonds is 4. The van der Waals surface area contributed by atoms with Gasteiger partial charge < -0.3 is 20.7 Å². The minimum Gasteiger partial charge on any atom is -0.478 e. The van der Waals surface area contributed by atoms with Gasteiger partial charge in [-0.15, -0.1) is 0 Å². The molecule has 0 aromatic carbocycles. The summed E-state index contributed by atoms with van der Waals surface area (Å²) in [5, 5.41) is 21.0. The Morgan fingerprint density at radius 3 is 2.35 bits per heavy atom. The molecule has 4 saturated carbocycles. The molecule has 37 heavy (non-hydrogen) atoms. The van der Waals surface area contributed by atoms with E-state index in [4.69, 9.17) is 10.5 Å². The Bertz CT molecular complexity index is 1040. The minimum atomic E-state index is -0.999. The summed E-state index contributed by atoms with van der Waals surface area (Å²) in [5.74, 6) is -0.555. The quantitative estimate of drug-likeness (QED) is 0.263. The molecule has 4 rings (SSSR count). The molecular weight excluding hydrogens is 466 g/mol. The van der Waals surface area contributed by atoms with Gasteiger partial charge in [0, 0.05) is 13.0 Å². The molecule has 0 aliphatic heterocycles. The summed E-state index contributed by atoms with van der Waals surface area (Å²) in [6.07, 6.45) is 9.55. The minimum absolute atomic E-state index is 0.0153. The second-order valence-corrected chi connectivity index (χ2v) is 13.5. The van der Waals surface area contributed by atoms with Crippen LogP contribution in [0.4, 0.5) is 0 Å². The number of aliphatic hydroxyl groups is 1. The number of aliphatic hydroxyl groups excluding tert-OH is 1. The van der Waals surface area contributed by atoms with E-state index in [-0.39, 0.29) is 57.7 Å². The van der Waals surface area contributed by atoms with Gasteiger partial charge in [-0.25, -0.2) is 4.79 Å². The summed E-state index contributed by atoms with van der Waals surface area (Å²) >= 11 is 0. The van der Waals surface area contributed by atoms with E-state index in [1.165, 1.54) is 6.92 Å². The number of carboxylic acid groups (broad SMARTS) is 1. The van der Waals surface area contributed by atoms with Crippen LogP contribution < -0.4 is 5.73 Å². The van der Waals surface area contributed by atoms with Crippen molar-refractivity contribution in [1.82, 2.24) is 0 Å². The van der Waals surface area contributed by atoms with Gasteiger partial charge in [0.1, 0.15) is 6.10 Å². The highest BCUT2D eigenvalue weighted by Crippen LogP contribution is 2.74. The molecule has 0 bridgehead atoms. The molecule has 6 heteroatoms. The third-order valence-electron chi connectivity index (χ3n) is 11.3. The van der Waals surface area contributed by atoms with Gasteiger partial charge in [0.2, 0.25) is 0 Å². The van der Waals surface area contributed by atoms with Crippen LogP contribution in [0.5, 0.6) is 0 Å². The summed E-state index contributed by atoms with van der Waals surface area (Å²) < 4.78 is 5.88. The van der Waals surface area contributed by atoms with Crippen LogP contribution in [0.15, 0.2) is 34.9 Å². The third kappa shape index (κ3) is 4.32. The van der Waals surface area contributed by atoms with E-state index in [1.54, 1.807) is 12.2 Å². The van der Waals surface area contributed by atoms with Gasteiger partial charge in [0.05, 0.1) is 11.7 Å². The molecule has 0 aromatic heterocycles. The van der Waals surface area contributed by atoms with E-state index >= 15 is 0 Å². The standard InChI is InChI=1S/C31H47NO5/c1-17(2)9-8-10-20(28(35)36)26-22-15-23(32)27-29(5)13-12-24(34)18(3)21(29)11-14-30(27,6)31(22,7)16-25(26)37-19(4)33/h8-10,18,21-25,27,34H,11-16,32H2,1-7H3,(H,35,36)/b10-8-,26-20-/t18-,21-,22?,23+,24+,25-,27-,29-,30-,31-/m0/s1. The zero-order valence-corrected chi connectivity index (χ0v) is 23.7. The maximum atomic E-state index is 12.6. The maximum Gasteiger partial charge on any atom is 0.335 e. The first-order valence-electron chi connectivity index (χ1n) is 14.1. The van der Waals surface area contributed by atoms with Crippen molar-refractivity contribution in [1.29, 1.82) is 0 Å². The van der Waals surface area contributed by atoms with Crippen molar-refractivity contribution in [3.05, 3.63) is 34.9 Å². The monoisotopic (exact) mass is 513 g/mol. The van der Waals surface area contributed by atoms with Gasteiger partial charge in [-0.2, -0.15) is 0 Å². The van der Waals surface area contributed by atoms with Crippen molar-refractivity contribution in [3.63, 3.8) is 0 Å². The van der Waals surface area contributed by atoms with Crippen molar-refractivity contribution in [3.8, 4) is 0 Å². The molecule has 4 N–H and O–H groups in total. The van der Waals surface area contributed by atoms with Crippen LogP contribution >= 0.6 is 0 Å². The van der Waals surface area contributed by atoms with Crippen LogP contribution in [0.2, 0.25) is 0 Å². The van der Waals surface area contributed by atoms with Crippen LogP contribution in [0.3, 0.4) is 0 Å². The molecule has 4 aliphatic carbocycles. The van der Waals surface area contributed by atoms with Crippen molar-refractivity contribution in [2.75, 3.05) is 0 Å². The average molecular weight is 514 g/mol. The molecule has 0 radical (unpaired) electrons. The Morgan fingerprint density at radius 2 is 1.76 bits per heavy atom. The first kappa shape index (κ1) is 28.1. The number of fused-ring (bicyclic) bond motifs is 5. The fourth-order valence-electron chi connectivity index (χ4n) is 9.62. The lowest BCUT2D eigenvalue weighted by Gasteiger charge is -2.69. The molecule has 0 amide bonds. The molecule has 6 nitrogen and oxygen atoms in total. The highest BCUT2D eigenvalue weighted by atomic mass is 16.5. The van der Waals surface area contributed by atoms with Crippen LogP contribution in [0.25, 0.3) is 0 Å². The largest absolute Gasteiger partial charge is 0.478 e. The fourth-order valence-corrected chi connectivity index (χ4v) is 9.62. The zero-order valence-electron chi connectivity index (χ0n) is 23.7. The Labute approximate surface area is 222 Å². The summed E-state index contributed by atoms with van der Waals surface area (Å²) in [5.41, 5.74) is 8.75. The fraction of sp³-hybridized carbons (Fsp3) is 0.742. The number of nitrogens with two attached hydrogens (primary N) is 1. The number of ether oxygens (including phenoxy) is 1. The molecule has 0 spiro atoms. The lowest BCUT2D eigenvalue weighted by molar-refractivity contribution is -0.204. The average Bonchev–Trinajstić information content (AvgIpc) is 3.05. The second kappa shape index (κ2) is 9.68. The summed E-state index contributed by atoms with van der Waals surface area (Å²) in [6, 6.07) is -0.0961. The van der Waals surface area contributed by atoms with E-state index in [9.17, 15) is 19.8 Å². The Balaban J connectivity index is 1.86. The predicted molar refractivity (Wildman–Crippen MR) is 144 cm³/mol. The number of allylic oxidation sites excluding steroid dienone is 3. The van der Waals surface area contributed by atoms with Crippen LogP contribution in [0, 0.1) is 39.9 Å². The van der Waals surface area contributed by atoms with Crippen molar-refractivity contribution < 1.29 is 24.5 Å². The third-order valence-corrected chi connectivity index (χ3v) is 11.3. The smallest absolute Gasteiger partial charge is 0.335 e. The molecular formula is C31H47NO5. The van der Waals surface area contributed by atoms with E-state index in [0.717, 1.165) is 36.8 Å². The number of esters is 1.